The number of sulfone groups is 1. The zero-order valence-electron chi connectivity index (χ0n) is 17.9. The van der Waals surface area contributed by atoms with Gasteiger partial charge in [-0.25, -0.2) is 18.4 Å². The molecule has 0 unspecified atom stereocenters. The molecule has 4 N–H and O–H groups in total. The summed E-state index contributed by atoms with van der Waals surface area (Å²) in [5.74, 6) is -0.736. The van der Waals surface area contributed by atoms with Gasteiger partial charge in [0.25, 0.3) is 0 Å². The van der Waals surface area contributed by atoms with Crippen LogP contribution in [-0.2, 0) is 9.84 Å². The number of nitrogens with two attached hydrogens (primary N) is 1. The quantitative estimate of drug-likeness (QED) is 0.267. The van der Waals surface area contributed by atoms with Crippen LogP contribution in [-0.4, -0.2) is 39.5 Å². The number of aromatic hydroxyl groups is 2. The highest BCUT2D eigenvalue weighted by Gasteiger charge is 2.30. The first-order chi connectivity index (χ1) is 16.3. The Balaban J connectivity index is 1.78. The molecule has 0 bridgehead atoms. The van der Waals surface area contributed by atoms with Crippen molar-refractivity contribution in [1.82, 2.24) is 14.6 Å². The minimum atomic E-state index is -4.05. The van der Waals surface area contributed by atoms with Gasteiger partial charge in [-0.3, -0.25) is 0 Å². The second kappa shape index (κ2) is 7.85. The maximum Gasteiger partial charge on any atom is 0.212 e. The Bertz CT molecular complexity index is 1710. The molecule has 10 heteroatoms. The minimum Gasteiger partial charge on any atom is -0.504 e. The van der Waals surface area contributed by atoms with Gasteiger partial charge in [-0.2, -0.15) is 9.78 Å². The first-order valence-corrected chi connectivity index (χ1v) is 11.7. The Morgan fingerprint density at radius 3 is 2.29 bits per heavy atom. The van der Waals surface area contributed by atoms with Crippen molar-refractivity contribution < 1.29 is 18.6 Å². The highest BCUT2D eigenvalue weighted by molar-refractivity contribution is 7.92. The monoisotopic (exact) mass is 473 g/mol. The van der Waals surface area contributed by atoms with Crippen molar-refractivity contribution in [3.63, 3.8) is 0 Å². The number of fused-ring (bicyclic) bond motifs is 2. The Morgan fingerprint density at radius 1 is 0.941 bits per heavy atom. The van der Waals surface area contributed by atoms with Gasteiger partial charge < -0.3 is 15.9 Å². The smallest absolute Gasteiger partial charge is 0.212 e. The molecule has 5 rings (SSSR count). The highest BCUT2D eigenvalue weighted by Crippen LogP contribution is 2.35. The lowest BCUT2D eigenvalue weighted by Gasteiger charge is -2.05. The lowest BCUT2D eigenvalue weighted by atomic mass is 10.2. The van der Waals surface area contributed by atoms with E-state index in [1.165, 1.54) is 41.2 Å². The fraction of sp³-hybridized carbons (Fsp3) is 0.0417. The maximum absolute atomic E-state index is 13.6. The number of hydrogen-bond donors (Lipinski definition) is 3. The molecular weight excluding hydrogens is 454 g/mol. The van der Waals surface area contributed by atoms with E-state index in [-0.39, 0.29) is 38.3 Å². The number of rotatable bonds is 4. The number of aryl methyl sites for hydroxylation is 1. The van der Waals surface area contributed by atoms with E-state index in [0.29, 0.717) is 16.6 Å². The summed E-state index contributed by atoms with van der Waals surface area (Å²) >= 11 is 0. The first-order valence-electron chi connectivity index (χ1n) is 10.2. The molecule has 2 aromatic heterocycles. The second-order valence-electron chi connectivity index (χ2n) is 7.72. The van der Waals surface area contributed by atoms with Crippen molar-refractivity contribution in [3.8, 4) is 11.5 Å². The highest BCUT2D eigenvalue weighted by atomic mass is 32.2. The van der Waals surface area contributed by atoms with Crippen LogP contribution in [0.3, 0.4) is 0 Å². The minimum absolute atomic E-state index is 0.0752. The largest absolute Gasteiger partial charge is 0.504 e. The molecule has 0 aliphatic heterocycles. The number of nitrogens with zero attached hydrogens (tertiary/aromatic N) is 4. The molecule has 0 aliphatic carbocycles. The zero-order chi connectivity index (χ0) is 24.0. The van der Waals surface area contributed by atoms with Crippen LogP contribution in [0.15, 0.2) is 81.6 Å². The fourth-order valence-corrected chi connectivity index (χ4v) is 5.07. The van der Waals surface area contributed by atoms with Crippen molar-refractivity contribution in [2.45, 2.75) is 16.7 Å². The molecule has 170 valence electrons. The molecule has 2 heterocycles. The molecule has 0 saturated heterocycles. The number of phenols is 2. The molecule has 34 heavy (non-hydrogen) atoms. The summed E-state index contributed by atoms with van der Waals surface area (Å²) in [5, 5.41) is 23.6. The molecule has 0 radical (unpaired) electrons. The van der Waals surface area contributed by atoms with E-state index in [9.17, 15) is 18.6 Å². The van der Waals surface area contributed by atoms with Crippen LogP contribution >= 0.6 is 0 Å². The summed E-state index contributed by atoms with van der Waals surface area (Å²) in [7, 11) is -4.05. The van der Waals surface area contributed by atoms with Gasteiger partial charge >= 0.3 is 0 Å². The van der Waals surface area contributed by atoms with Crippen LogP contribution in [0.25, 0.3) is 22.2 Å². The van der Waals surface area contributed by atoms with E-state index in [0.717, 1.165) is 5.56 Å². The summed E-state index contributed by atoms with van der Waals surface area (Å²) in [6.45, 7) is 1.87. The third-order valence-electron chi connectivity index (χ3n) is 5.35. The standard InChI is InChI=1S/C24H19N5O4S/c1-14-6-9-16(10-7-14)34(32,33)22-21-24(28-18-5-3-2-4-17(18)27-21)29(23(22)25)26-13-15-8-11-19(30)20(31)12-15/h2-13,30-31H,25H2,1H3. The Morgan fingerprint density at radius 2 is 1.62 bits per heavy atom. The number of hydrogen-bond acceptors (Lipinski definition) is 8. The predicted molar refractivity (Wildman–Crippen MR) is 129 cm³/mol. The Kier molecular flexibility index (Phi) is 4.94. The van der Waals surface area contributed by atoms with Crippen LogP contribution in [0.4, 0.5) is 5.82 Å². The first kappa shape index (κ1) is 21.4. The molecule has 0 spiro atoms. The second-order valence-corrected chi connectivity index (χ2v) is 9.61. The lowest BCUT2D eigenvalue weighted by molar-refractivity contribution is 0.403. The Labute approximate surface area is 194 Å². The molecule has 0 saturated carbocycles. The van der Waals surface area contributed by atoms with Crippen LogP contribution < -0.4 is 5.73 Å². The zero-order valence-corrected chi connectivity index (χ0v) is 18.7. The van der Waals surface area contributed by atoms with Gasteiger partial charge in [0, 0.05) is 0 Å². The molecule has 0 aliphatic rings. The fourth-order valence-electron chi connectivity index (χ4n) is 3.58. The molecule has 0 amide bonds. The average molecular weight is 474 g/mol. The molecule has 0 fully saturated rings. The van der Waals surface area contributed by atoms with Gasteiger partial charge in [0.05, 0.1) is 22.1 Å². The molecule has 5 aromatic rings. The number of anilines is 1. The predicted octanol–water partition coefficient (Wildman–Crippen LogP) is 3.60. The van der Waals surface area contributed by atoms with Gasteiger partial charge in [0.1, 0.15) is 16.2 Å². The van der Waals surface area contributed by atoms with Crippen molar-refractivity contribution in [2.75, 3.05) is 5.73 Å². The number of benzene rings is 3. The summed E-state index contributed by atoms with van der Waals surface area (Å²) in [6.07, 6.45) is 1.37. The van der Waals surface area contributed by atoms with Crippen LogP contribution in [0.1, 0.15) is 11.1 Å². The van der Waals surface area contributed by atoms with Crippen molar-refractivity contribution in [3.05, 3.63) is 77.9 Å². The van der Waals surface area contributed by atoms with Crippen molar-refractivity contribution in [1.29, 1.82) is 0 Å². The van der Waals surface area contributed by atoms with Crippen molar-refractivity contribution in [2.24, 2.45) is 5.10 Å². The lowest BCUT2D eigenvalue weighted by Crippen LogP contribution is -2.06. The third kappa shape index (κ3) is 3.50. The van der Waals surface area contributed by atoms with Gasteiger partial charge in [-0.1, -0.05) is 29.8 Å². The van der Waals surface area contributed by atoms with E-state index in [1.54, 1.807) is 36.4 Å². The van der Waals surface area contributed by atoms with Gasteiger partial charge in [-0.15, -0.1) is 0 Å². The number of nitrogen functional groups attached to an aromatic ring is 1. The number of aromatic nitrogens is 3. The molecular formula is C24H19N5O4S. The van der Waals surface area contributed by atoms with Crippen LogP contribution in [0, 0.1) is 6.92 Å². The average Bonchev–Trinajstić information content (AvgIpc) is 3.09. The summed E-state index contributed by atoms with van der Waals surface area (Å²) < 4.78 is 28.4. The van der Waals surface area contributed by atoms with Gasteiger partial charge in [0.2, 0.25) is 9.84 Å². The SMILES string of the molecule is Cc1ccc(S(=O)(=O)c2c(N)n(N=Cc3ccc(O)c(O)c3)c3nc4ccccc4nc23)cc1. The van der Waals surface area contributed by atoms with E-state index in [4.69, 9.17) is 5.73 Å². The van der Waals surface area contributed by atoms with Crippen molar-refractivity contribution >= 4 is 44.1 Å². The van der Waals surface area contributed by atoms with Gasteiger partial charge in [-0.05, 0) is 55.0 Å². The molecule has 3 aromatic carbocycles. The van der Waals surface area contributed by atoms with E-state index < -0.39 is 9.84 Å². The molecule has 9 nitrogen and oxygen atoms in total. The van der Waals surface area contributed by atoms with Crippen LogP contribution in [0.2, 0.25) is 0 Å². The summed E-state index contributed by atoms with van der Waals surface area (Å²) in [4.78, 5) is 9.03. The summed E-state index contributed by atoms with van der Waals surface area (Å²) in [6, 6.07) is 17.7. The molecule has 0 atom stereocenters. The van der Waals surface area contributed by atoms with Crippen LogP contribution in [0.5, 0.6) is 11.5 Å². The summed E-state index contributed by atoms with van der Waals surface area (Å²) in [5.41, 5.74) is 9.05. The van der Waals surface area contributed by atoms with E-state index in [1.807, 2.05) is 6.92 Å². The topological polar surface area (TPSA) is 144 Å². The Hall–Kier alpha value is -4.44. The van der Waals surface area contributed by atoms with E-state index >= 15 is 0 Å². The maximum atomic E-state index is 13.6. The number of para-hydroxylation sites is 2. The van der Waals surface area contributed by atoms with Gasteiger partial charge in [0.15, 0.2) is 17.1 Å². The third-order valence-corrected chi connectivity index (χ3v) is 7.18. The normalized spacial score (nSPS) is 12.1. The number of phenolic OH excluding ortho intramolecular Hbond substituents is 2. The van der Waals surface area contributed by atoms with E-state index in [2.05, 4.69) is 15.1 Å².